The summed E-state index contributed by atoms with van der Waals surface area (Å²) in [6.07, 6.45) is 3.77. The molecular weight excluding hydrogens is 231 g/mol. The zero-order chi connectivity index (χ0) is 13.0. The quantitative estimate of drug-likeness (QED) is 0.890. The summed E-state index contributed by atoms with van der Waals surface area (Å²) < 4.78 is 12.9. The first kappa shape index (κ1) is 13.0. The molecule has 98 valence electrons. The van der Waals surface area contributed by atoms with Crippen LogP contribution in [-0.4, -0.2) is 23.9 Å². The number of likely N-dealkylation sites (tertiary alicyclic amines) is 1. The second-order valence-corrected chi connectivity index (χ2v) is 4.82. The molecule has 1 aromatic carbocycles. The number of rotatable bonds is 4. The number of carbonyl (C=O) groups is 1. The van der Waals surface area contributed by atoms with Crippen LogP contribution in [-0.2, 0) is 4.79 Å². The highest BCUT2D eigenvalue weighted by atomic mass is 19.1. The van der Waals surface area contributed by atoms with Crippen LogP contribution in [0.2, 0.25) is 0 Å². The number of amides is 1. The lowest BCUT2D eigenvalue weighted by atomic mass is 9.95. The largest absolute Gasteiger partial charge is 0.370 e. The fourth-order valence-corrected chi connectivity index (χ4v) is 2.57. The summed E-state index contributed by atoms with van der Waals surface area (Å²) in [6.45, 7) is 1.67. The van der Waals surface area contributed by atoms with Crippen molar-refractivity contribution in [3.63, 3.8) is 0 Å². The SMILES string of the molecule is NC(=O)CCN1CCCCC1c1ccc(F)cc1. The molecule has 1 fully saturated rings. The molecule has 2 N–H and O–H groups in total. The molecule has 1 unspecified atom stereocenters. The normalized spacial score (nSPS) is 20.8. The lowest BCUT2D eigenvalue weighted by molar-refractivity contribution is -0.118. The van der Waals surface area contributed by atoms with Crippen LogP contribution in [0.15, 0.2) is 24.3 Å². The van der Waals surface area contributed by atoms with Crippen molar-refractivity contribution in [2.24, 2.45) is 5.73 Å². The number of hydrogen-bond acceptors (Lipinski definition) is 2. The summed E-state index contributed by atoms with van der Waals surface area (Å²) in [6, 6.07) is 6.95. The van der Waals surface area contributed by atoms with Gasteiger partial charge >= 0.3 is 0 Å². The predicted molar refractivity (Wildman–Crippen MR) is 68.4 cm³/mol. The minimum Gasteiger partial charge on any atom is -0.370 e. The highest BCUT2D eigenvalue weighted by Gasteiger charge is 2.23. The van der Waals surface area contributed by atoms with Crippen molar-refractivity contribution in [1.29, 1.82) is 0 Å². The second kappa shape index (κ2) is 5.96. The van der Waals surface area contributed by atoms with E-state index in [9.17, 15) is 9.18 Å². The van der Waals surface area contributed by atoms with E-state index in [1.165, 1.54) is 18.6 Å². The van der Waals surface area contributed by atoms with Crippen LogP contribution >= 0.6 is 0 Å². The minimum atomic E-state index is -0.265. The third-order valence-electron chi connectivity index (χ3n) is 3.51. The fraction of sp³-hybridized carbons (Fsp3) is 0.500. The molecule has 2 rings (SSSR count). The van der Waals surface area contributed by atoms with E-state index in [2.05, 4.69) is 4.90 Å². The lowest BCUT2D eigenvalue weighted by Gasteiger charge is -2.35. The van der Waals surface area contributed by atoms with Gasteiger partial charge in [-0.15, -0.1) is 0 Å². The van der Waals surface area contributed by atoms with Crippen LogP contribution in [0.5, 0.6) is 0 Å². The summed E-state index contributed by atoms with van der Waals surface area (Å²) in [5.74, 6) is -0.475. The Morgan fingerprint density at radius 1 is 1.33 bits per heavy atom. The molecule has 1 heterocycles. The van der Waals surface area contributed by atoms with Crippen molar-refractivity contribution in [3.05, 3.63) is 35.6 Å². The molecule has 0 bridgehead atoms. The highest BCUT2D eigenvalue weighted by Crippen LogP contribution is 2.30. The third-order valence-corrected chi connectivity index (χ3v) is 3.51. The molecule has 1 atom stereocenters. The molecule has 4 heteroatoms. The average molecular weight is 250 g/mol. The van der Waals surface area contributed by atoms with Gasteiger partial charge in [0.25, 0.3) is 0 Å². The Morgan fingerprint density at radius 3 is 2.72 bits per heavy atom. The molecular formula is C14H19FN2O. The second-order valence-electron chi connectivity index (χ2n) is 4.82. The third kappa shape index (κ3) is 3.29. The fourth-order valence-electron chi connectivity index (χ4n) is 2.57. The molecule has 1 amide bonds. The molecule has 0 aliphatic carbocycles. The maximum Gasteiger partial charge on any atom is 0.218 e. The van der Waals surface area contributed by atoms with Crippen LogP contribution in [0.4, 0.5) is 4.39 Å². The van der Waals surface area contributed by atoms with Crippen LogP contribution in [0, 0.1) is 5.82 Å². The first-order valence-electron chi connectivity index (χ1n) is 6.44. The molecule has 1 aliphatic heterocycles. The van der Waals surface area contributed by atoms with Gasteiger partial charge < -0.3 is 5.73 Å². The van der Waals surface area contributed by atoms with E-state index in [4.69, 9.17) is 5.73 Å². The molecule has 0 spiro atoms. The van der Waals surface area contributed by atoms with E-state index in [1.807, 2.05) is 12.1 Å². The summed E-state index contributed by atoms with van der Waals surface area (Å²) in [5, 5.41) is 0. The van der Waals surface area contributed by atoms with Crippen LogP contribution in [0.25, 0.3) is 0 Å². The van der Waals surface area contributed by atoms with Gasteiger partial charge in [-0.05, 0) is 37.1 Å². The van der Waals surface area contributed by atoms with Crippen molar-refractivity contribution >= 4 is 5.91 Å². The van der Waals surface area contributed by atoms with Crippen LogP contribution < -0.4 is 5.73 Å². The van der Waals surface area contributed by atoms with Crippen molar-refractivity contribution in [2.75, 3.05) is 13.1 Å². The monoisotopic (exact) mass is 250 g/mol. The van der Waals surface area contributed by atoms with Gasteiger partial charge in [-0.25, -0.2) is 4.39 Å². The first-order valence-corrected chi connectivity index (χ1v) is 6.44. The summed E-state index contributed by atoms with van der Waals surface area (Å²) in [7, 11) is 0. The zero-order valence-corrected chi connectivity index (χ0v) is 10.4. The number of primary amides is 1. The van der Waals surface area contributed by atoms with Gasteiger partial charge in [0, 0.05) is 19.0 Å². The van der Waals surface area contributed by atoms with Gasteiger partial charge in [-0.2, -0.15) is 0 Å². The predicted octanol–water partition coefficient (Wildman–Crippen LogP) is 2.23. The Hall–Kier alpha value is -1.42. The first-order chi connectivity index (χ1) is 8.66. The van der Waals surface area contributed by atoms with Gasteiger partial charge in [-0.3, -0.25) is 9.69 Å². The van der Waals surface area contributed by atoms with Gasteiger partial charge in [0.05, 0.1) is 0 Å². The average Bonchev–Trinajstić information content (AvgIpc) is 2.38. The topological polar surface area (TPSA) is 46.3 Å². The zero-order valence-electron chi connectivity index (χ0n) is 10.4. The van der Waals surface area contributed by atoms with Crippen LogP contribution in [0.1, 0.15) is 37.3 Å². The number of piperidine rings is 1. The van der Waals surface area contributed by atoms with Crippen molar-refractivity contribution < 1.29 is 9.18 Å². The van der Waals surface area contributed by atoms with E-state index in [0.29, 0.717) is 19.0 Å². The van der Waals surface area contributed by atoms with Crippen LogP contribution in [0.3, 0.4) is 0 Å². The Morgan fingerprint density at radius 2 is 2.06 bits per heavy atom. The Kier molecular flexibility index (Phi) is 4.31. The van der Waals surface area contributed by atoms with Gasteiger partial charge in [0.1, 0.15) is 5.82 Å². The Labute approximate surface area is 107 Å². The number of nitrogens with two attached hydrogens (primary N) is 1. The molecule has 18 heavy (non-hydrogen) atoms. The number of hydrogen-bond donors (Lipinski definition) is 1. The summed E-state index contributed by atoms with van der Waals surface area (Å²) in [5.41, 5.74) is 6.32. The van der Waals surface area contributed by atoms with Gasteiger partial charge in [0.2, 0.25) is 5.91 Å². The Bertz CT molecular complexity index is 405. The molecule has 0 aromatic heterocycles. The number of benzene rings is 1. The molecule has 1 aromatic rings. The van der Waals surface area contributed by atoms with Crippen molar-refractivity contribution in [1.82, 2.24) is 4.90 Å². The Balaban J connectivity index is 2.07. The van der Waals surface area contributed by atoms with Gasteiger partial charge in [0.15, 0.2) is 0 Å². The highest BCUT2D eigenvalue weighted by molar-refractivity contribution is 5.73. The number of carbonyl (C=O) groups excluding carboxylic acids is 1. The van der Waals surface area contributed by atoms with E-state index >= 15 is 0 Å². The molecule has 0 saturated carbocycles. The van der Waals surface area contributed by atoms with Crippen molar-refractivity contribution in [3.8, 4) is 0 Å². The maximum absolute atomic E-state index is 12.9. The molecule has 1 aliphatic rings. The van der Waals surface area contributed by atoms with E-state index < -0.39 is 0 Å². The lowest BCUT2D eigenvalue weighted by Crippen LogP contribution is -2.35. The number of nitrogens with zero attached hydrogens (tertiary/aromatic N) is 1. The van der Waals surface area contributed by atoms with E-state index in [-0.39, 0.29) is 11.7 Å². The molecule has 1 saturated heterocycles. The smallest absolute Gasteiger partial charge is 0.218 e. The molecule has 0 radical (unpaired) electrons. The summed E-state index contributed by atoms with van der Waals surface area (Å²) in [4.78, 5) is 13.2. The standard InChI is InChI=1S/C14H19FN2O/c15-12-6-4-11(5-7-12)13-3-1-2-9-17(13)10-8-14(16)18/h4-7,13H,1-3,8-10H2,(H2,16,18). The minimum absolute atomic E-state index is 0.210. The molecule has 3 nitrogen and oxygen atoms in total. The summed E-state index contributed by atoms with van der Waals surface area (Å²) >= 11 is 0. The van der Waals surface area contributed by atoms with E-state index in [1.54, 1.807) is 0 Å². The number of halogens is 1. The maximum atomic E-state index is 12.9. The van der Waals surface area contributed by atoms with Gasteiger partial charge in [-0.1, -0.05) is 18.6 Å². The van der Waals surface area contributed by atoms with Crippen molar-refractivity contribution in [2.45, 2.75) is 31.7 Å². The van der Waals surface area contributed by atoms with E-state index in [0.717, 1.165) is 24.9 Å².